The van der Waals surface area contributed by atoms with E-state index in [1.807, 2.05) is 60.7 Å². The van der Waals surface area contributed by atoms with Gasteiger partial charge in [0.1, 0.15) is 5.75 Å². The van der Waals surface area contributed by atoms with Crippen LogP contribution in [0, 0.1) is 0 Å². The van der Waals surface area contributed by atoms with Crippen LogP contribution >= 0.6 is 0 Å². The number of hydrogen-bond acceptors (Lipinski definition) is 3. The highest BCUT2D eigenvalue weighted by Gasteiger charge is 2.39. The number of amides is 2. The fraction of sp³-hybridized carbons (Fsp3) is 0.182. The number of para-hydroxylation sites is 1. The van der Waals surface area contributed by atoms with Crippen LogP contribution < -0.4 is 15.4 Å². The van der Waals surface area contributed by atoms with E-state index in [0.717, 1.165) is 17.7 Å². The highest BCUT2D eigenvalue weighted by atomic mass is 16.5. The van der Waals surface area contributed by atoms with E-state index in [2.05, 4.69) is 27.8 Å². The van der Waals surface area contributed by atoms with E-state index < -0.39 is 0 Å². The van der Waals surface area contributed by atoms with E-state index >= 15 is 0 Å². The maximum Gasteiger partial charge on any atom is 0.315 e. The average Bonchev–Trinajstić information content (AvgIpc) is 3.47. The molecule has 0 unspecified atom stereocenters. The molecule has 136 valence electrons. The van der Waals surface area contributed by atoms with E-state index in [0.29, 0.717) is 18.3 Å². The predicted octanol–water partition coefficient (Wildman–Crippen LogP) is 4.23. The number of nitrogens with one attached hydrogen (secondary N) is 2. The quantitative estimate of drug-likeness (QED) is 0.692. The number of carbonyl (C=O) groups is 1. The molecule has 0 aliphatic heterocycles. The molecule has 0 spiro atoms. The van der Waals surface area contributed by atoms with Gasteiger partial charge in [0.05, 0.1) is 0 Å². The van der Waals surface area contributed by atoms with Crippen molar-refractivity contribution >= 4 is 6.03 Å². The summed E-state index contributed by atoms with van der Waals surface area (Å²) in [6.45, 7) is 0.419. The average molecular weight is 359 g/mol. The molecule has 0 bridgehead atoms. The fourth-order valence-electron chi connectivity index (χ4n) is 3.05. The molecule has 1 fully saturated rings. The van der Waals surface area contributed by atoms with Crippen molar-refractivity contribution in [1.82, 2.24) is 15.6 Å². The van der Waals surface area contributed by atoms with Crippen LogP contribution in [0.2, 0.25) is 0 Å². The molecule has 0 saturated heterocycles. The highest BCUT2D eigenvalue weighted by molar-refractivity contribution is 5.74. The minimum Gasteiger partial charge on any atom is -0.439 e. The van der Waals surface area contributed by atoms with Gasteiger partial charge in [-0.1, -0.05) is 48.5 Å². The first-order chi connectivity index (χ1) is 13.3. The second kappa shape index (κ2) is 7.91. The Morgan fingerprint density at radius 3 is 2.56 bits per heavy atom. The second-order valence-electron chi connectivity index (χ2n) is 6.60. The number of rotatable bonds is 6. The van der Waals surface area contributed by atoms with Crippen molar-refractivity contribution in [3.8, 4) is 11.6 Å². The molecular weight excluding hydrogens is 338 g/mol. The van der Waals surface area contributed by atoms with Gasteiger partial charge in [-0.3, -0.25) is 0 Å². The van der Waals surface area contributed by atoms with E-state index in [-0.39, 0.29) is 12.1 Å². The normalized spacial score (nSPS) is 17.8. The second-order valence-corrected chi connectivity index (χ2v) is 6.60. The standard InChI is InChI=1S/C22H21N3O2/c26-22(25-20-14-19(20)17-7-3-1-4-8-17)24-15-16-11-12-23-21(13-16)27-18-9-5-2-6-10-18/h1-13,19-20H,14-15H2,(H2,24,25,26)/t19-,20+/m0/s1. The first-order valence-electron chi connectivity index (χ1n) is 9.05. The number of ether oxygens (including phenoxy) is 1. The molecule has 1 saturated carbocycles. The lowest BCUT2D eigenvalue weighted by atomic mass is 10.1. The Balaban J connectivity index is 1.26. The van der Waals surface area contributed by atoms with Crippen LogP contribution in [0.5, 0.6) is 11.6 Å². The molecule has 1 heterocycles. The van der Waals surface area contributed by atoms with Crippen LogP contribution in [0.25, 0.3) is 0 Å². The van der Waals surface area contributed by atoms with E-state index in [1.54, 1.807) is 6.20 Å². The summed E-state index contributed by atoms with van der Waals surface area (Å²) in [6, 6.07) is 23.5. The van der Waals surface area contributed by atoms with Crippen molar-refractivity contribution in [3.63, 3.8) is 0 Å². The zero-order valence-electron chi connectivity index (χ0n) is 14.8. The minimum absolute atomic E-state index is 0.152. The van der Waals surface area contributed by atoms with Gasteiger partial charge in [0.2, 0.25) is 5.88 Å². The monoisotopic (exact) mass is 359 g/mol. The maximum absolute atomic E-state index is 12.2. The van der Waals surface area contributed by atoms with Crippen molar-refractivity contribution in [2.45, 2.75) is 24.9 Å². The Morgan fingerprint density at radius 1 is 1.04 bits per heavy atom. The summed E-state index contributed by atoms with van der Waals surface area (Å²) >= 11 is 0. The van der Waals surface area contributed by atoms with Gasteiger partial charge in [0.15, 0.2) is 0 Å². The number of hydrogen-bond donors (Lipinski definition) is 2. The number of carbonyl (C=O) groups excluding carboxylic acids is 1. The lowest BCUT2D eigenvalue weighted by Gasteiger charge is -2.09. The van der Waals surface area contributed by atoms with Gasteiger partial charge < -0.3 is 15.4 Å². The molecule has 27 heavy (non-hydrogen) atoms. The third kappa shape index (κ3) is 4.64. The van der Waals surface area contributed by atoms with Crippen LogP contribution in [0.4, 0.5) is 4.79 Å². The summed E-state index contributed by atoms with van der Waals surface area (Å²) in [5, 5.41) is 5.93. The summed E-state index contributed by atoms with van der Waals surface area (Å²) < 4.78 is 5.72. The number of aromatic nitrogens is 1. The molecule has 2 amide bonds. The van der Waals surface area contributed by atoms with E-state index in [4.69, 9.17) is 4.74 Å². The first kappa shape index (κ1) is 17.1. The molecule has 2 N–H and O–H groups in total. The third-order valence-electron chi connectivity index (χ3n) is 4.55. The Labute approximate surface area is 158 Å². The van der Waals surface area contributed by atoms with Gasteiger partial charge in [-0.05, 0) is 35.7 Å². The van der Waals surface area contributed by atoms with Crippen molar-refractivity contribution in [2.24, 2.45) is 0 Å². The summed E-state index contributed by atoms with van der Waals surface area (Å²) in [6.07, 6.45) is 2.67. The predicted molar refractivity (Wildman–Crippen MR) is 104 cm³/mol. The fourth-order valence-corrected chi connectivity index (χ4v) is 3.05. The third-order valence-corrected chi connectivity index (χ3v) is 4.55. The number of nitrogens with zero attached hydrogens (tertiary/aromatic N) is 1. The minimum atomic E-state index is -0.152. The van der Waals surface area contributed by atoms with Crippen LogP contribution in [0.1, 0.15) is 23.5 Å². The Kier molecular flexibility index (Phi) is 5.01. The molecule has 1 aliphatic carbocycles. The molecule has 0 radical (unpaired) electrons. The lowest BCUT2D eigenvalue weighted by molar-refractivity contribution is 0.240. The van der Waals surface area contributed by atoms with Crippen LogP contribution in [-0.2, 0) is 6.54 Å². The molecular formula is C22H21N3O2. The maximum atomic E-state index is 12.2. The van der Waals surface area contributed by atoms with Gasteiger partial charge in [0, 0.05) is 30.8 Å². The zero-order valence-corrected chi connectivity index (χ0v) is 14.8. The summed E-state index contributed by atoms with van der Waals surface area (Å²) in [7, 11) is 0. The SMILES string of the molecule is O=C(NCc1ccnc(Oc2ccccc2)c1)N[C@@H]1C[C@H]1c1ccccc1. The first-order valence-corrected chi connectivity index (χ1v) is 9.05. The van der Waals surface area contributed by atoms with Crippen molar-refractivity contribution in [1.29, 1.82) is 0 Å². The molecule has 2 atom stereocenters. The number of urea groups is 1. The molecule has 2 aromatic carbocycles. The van der Waals surface area contributed by atoms with Gasteiger partial charge in [-0.25, -0.2) is 9.78 Å². The molecule has 3 aromatic rings. The van der Waals surface area contributed by atoms with Crippen molar-refractivity contribution < 1.29 is 9.53 Å². The lowest BCUT2D eigenvalue weighted by Crippen LogP contribution is -2.36. The van der Waals surface area contributed by atoms with Gasteiger partial charge in [-0.15, -0.1) is 0 Å². The highest BCUT2D eigenvalue weighted by Crippen LogP contribution is 2.40. The van der Waals surface area contributed by atoms with E-state index in [1.165, 1.54) is 5.56 Å². The molecule has 5 heteroatoms. The molecule has 1 aromatic heterocycles. The van der Waals surface area contributed by atoms with E-state index in [9.17, 15) is 4.79 Å². The summed E-state index contributed by atoms with van der Waals surface area (Å²) in [5.41, 5.74) is 2.21. The van der Waals surface area contributed by atoms with Crippen molar-refractivity contribution in [3.05, 3.63) is 90.1 Å². The molecule has 5 nitrogen and oxygen atoms in total. The smallest absolute Gasteiger partial charge is 0.315 e. The Hall–Kier alpha value is -3.34. The van der Waals surface area contributed by atoms with Crippen LogP contribution in [-0.4, -0.2) is 17.1 Å². The Morgan fingerprint density at radius 2 is 1.78 bits per heavy atom. The van der Waals surface area contributed by atoms with Gasteiger partial charge in [0.25, 0.3) is 0 Å². The number of benzene rings is 2. The molecule has 4 rings (SSSR count). The van der Waals surface area contributed by atoms with Gasteiger partial charge >= 0.3 is 6.03 Å². The summed E-state index contributed by atoms with van der Waals surface area (Å²) in [4.78, 5) is 16.4. The topological polar surface area (TPSA) is 63.2 Å². The summed E-state index contributed by atoms with van der Waals surface area (Å²) in [5.74, 6) is 1.66. The molecule has 1 aliphatic rings. The zero-order chi connectivity index (χ0) is 18.5. The Bertz CT molecular complexity index is 900. The largest absolute Gasteiger partial charge is 0.439 e. The van der Waals surface area contributed by atoms with Crippen LogP contribution in [0.3, 0.4) is 0 Å². The van der Waals surface area contributed by atoms with Gasteiger partial charge in [-0.2, -0.15) is 0 Å². The van der Waals surface area contributed by atoms with Crippen LogP contribution in [0.15, 0.2) is 79.0 Å². The van der Waals surface area contributed by atoms with Crippen molar-refractivity contribution in [2.75, 3.05) is 0 Å². The number of pyridine rings is 1.